The summed E-state index contributed by atoms with van der Waals surface area (Å²) in [7, 11) is 0. The van der Waals surface area contributed by atoms with E-state index < -0.39 is 0 Å². The van der Waals surface area contributed by atoms with Crippen LogP contribution in [0.25, 0.3) is 0 Å². The molecule has 0 radical (unpaired) electrons. The van der Waals surface area contributed by atoms with Crippen molar-refractivity contribution in [2.75, 3.05) is 5.43 Å². The second kappa shape index (κ2) is 5.24. The summed E-state index contributed by atoms with van der Waals surface area (Å²) in [6.07, 6.45) is 1.39. The average Bonchev–Trinajstić information content (AvgIpc) is 2.81. The van der Waals surface area contributed by atoms with Crippen LogP contribution in [0.15, 0.2) is 28.3 Å². The fourth-order valence-corrected chi connectivity index (χ4v) is 2.14. The molecule has 84 valence electrons. The molecule has 0 saturated heterocycles. The maximum atomic E-state index is 5.54. The molecule has 7 heteroatoms. The summed E-state index contributed by atoms with van der Waals surface area (Å²) < 4.78 is 6.16. The van der Waals surface area contributed by atoms with Crippen molar-refractivity contribution in [1.82, 2.24) is 9.97 Å². The number of nitrogen functional groups attached to an aromatic ring is 1. The summed E-state index contributed by atoms with van der Waals surface area (Å²) in [5.41, 5.74) is 2.45. The Morgan fingerprint density at radius 2 is 2.38 bits per heavy atom. The molecule has 0 aliphatic rings. The minimum atomic E-state index is 0.469. The highest BCUT2D eigenvalue weighted by atomic mass is 79.9. The van der Waals surface area contributed by atoms with Gasteiger partial charge in [-0.05, 0) is 27.4 Å². The van der Waals surface area contributed by atoms with Gasteiger partial charge in [0.25, 0.3) is 0 Å². The number of nitrogens with zero attached hydrogens (tertiary/aromatic N) is 2. The van der Waals surface area contributed by atoms with E-state index in [1.807, 2.05) is 17.5 Å². The largest absolute Gasteiger partial charge is 0.471 e. The van der Waals surface area contributed by atoms with E-state index in [2.05, 4.69) is 31.3 Å². The molecule has 0 aromatic carbocycles. The summed E-state index contributed by atoms with van der Waals surface area (Å²) in [4.78, 5) is 9.08. The summed E-state index contributed by atoms with van der Waals surface area (Å²) >= 11 is 4.95. The van der Waals surface area contributed by atoms with Crippen molar-refractivity contribution >= 4 is 33.1 Å². The topological polar surface area (TPSA) is 73.1 Å². The quantitative estimate of drug-likeness (QED) is 0.669. The van der Waals surface area contributed by atoms with Crippen LogP contribution in [0.2, 0.25) is 0 Å². The van der Waals surface area contributed by atoms with Gasteiger partial charge in [-0.3, -0.25) is 0 Å². The van der Waals surface area contributed by atoms with Crippen LogP contribution in [-0.2, 0) is 6.61 Å². The molecule has 0 amide bonds. The van der Waals surface area contributed by atoms with Crippen molar-refractivity contribution in [1.29, 1.82) is 0 Å². The molecular weight excluding hydrogens is 292 g/mol. The molecular formula is C9H9BrN4OS. The molecule has 0 saturated carbocycles. The van der Waals surface area contributed by atoms with Crippen LogP contribution in [0.3, 0.4) is 0 Å². The van der Waals surface area contributed by atoms with Gasteiger partial charge in [0.2, 0.25) is 5.88 Å². The van der Waals surface area contributed by atoms with Crippen LogP contribution in [0.5, 0.6) is 5.88 Å². The van der Waals surface area contributed by atoms with Gasteiger partial charge >= 0.3 is 0 Å². The SMILES string of the molecule is NNc1ncnc(OCc2cccs2)c1Br. The predicted molar refractivity (Wildman–Crippen MR) is 66.2 cm³/mol. The fraction of sp³-hybridized carbons (Fsp3) is 0.111. The zero-order valence-corrected chi connectivity index (χ0v) is 10.6. The van der Waals surface area contributed by atoms with E-state index in [0.717, 1.165) is 4.88 Å². The average molecular weight is 301 g/mol. The van der Waals surface area contributed by atoms with Crippen molar-refractivity contribution in [3.05, 3.63) is 33.2 Å². The second-order valence-corrected chi connectivity index (χ2v) is 4.68. The third-order valence-corrected chi connectivity index (χ3v) is 3.39. The molecule has 2 aromatic heterocycles. The fourth-order valence-electron chi connectivity index (χ4n) is 1.09. The molecule has 2 rings (SSSR count). The minimum Gasteiger partial charge on any atom is -0.471 e. The zero-order valence-electron chi connectivity index (χ0n) is 8.18. The Balaban J connectivity index is 2.09. The van der Waals surface area contributed by atoms with Crippen molar-refractivity contribution in [3.63, 3.8) is 0 Å². The predicted octanol–water partition coefficient (Wildman–Crippen LogP) is 2.17. The standard InChI is InChI=1S/C9H9BrN4OS/c10-7-8(14-11)12-5-13-9(7)15-4-6-2-1-3-16-6/h1-3,5H,4,11H2,(H,12,13,14). The van der Waals surface area contributed by atoms with Crippen molar-refractivity contribution in [3.8, 4) is 5.88 Å². The first-order chi connectivity index (χ1) is 7.81. The highest BCUT2D eigenvalue weighted by Gasteiger charge is 2.08. The number of hydrazine groups is 1. The van der Waals surface area contributed by atoms with E-state index in [-0.39, 0.29) is 0 Å². The molecule has 0 aliphatic carbocycles. The van der Waals surface area contributed by atoms with Crippen LogP contribution in [0, 0.1) is 0 Å². The van der Waals surface area contributed by atoms with Gasteiger partial charge in [0.05, 0.1) is 0 Å². The second-order valence-electron chi connectivity index (χ2n) is 2.85. The smallest absolute Gasteiger partial charge is 0.233 e. The van der Waals surface area contributed by atoms with Crippen molar-refractivity contribution in [2.24, 2.45) is 5.84 Å². The van der Waals surface area contributed by atoms with Crippen LogP contribution in [0.1, 0.15) is 4.88 Å². The van der Waals surface area contributed by atoms with Gasteiger partial charge in [-0.25, -0.2) is 15.8 Å². The van der Waals surface area contributed by atoms with Gasteiger partial charge in [0, 0.05) is 4.88 Å². The summed E-state index contributed by atoms with van der Waals surface area (Å²) in [5, 5.41) is 2.00. The first-order valence-electron chi connectivity index (χ1n) is 4.43. The summed E-state index contributed by atoms with van der Waals surface area (Å²) in [6, 6.07) is 3.98. The number of aromatic nitrogens is 2. The number of hydrogen-bond acceptors (Lipinski definition) is 6. The number of ether oxygens (including phenoxy) is 1. The number of anilines is 1. The third kappa shape index (κ3) is 2.49. The molecule has 2 heterocycles. The van der Waals surface area contributed by atoms with Crippen LogP contribution >= 0.6 is 27.3 Å². The molecule has 3 N–H and O–H groups in total. The van der Waals surface area contributed by atoms with Gasteiger partial charge in [0.15, 0.2) is 5.82 Å². The van der Waals surface area contributed by atoms with Crippen molar-refractivity contribution in [2.45, 2.75) is 6.61 Å². The highest BCUT2D eigenvalue weighted by molar-refractivity contribution is 9.10. The Labute approximate surface area is 105 Å². The lowest BCUT2D eigenvalue weighted by Gasteiger charge is -2.07. The normalized spacial score (nSPS) is 10.1. The number of hydrogen-bond donors (Lipinski definition) is 2. The van der Waals surface area contributed by atoms with E-state index >= 15 is 0 Å². The van der Waals surface area contributed by atoms with Gasteiger partial charge in [-0.1, -0.05) is 6.07 Å². The molecule has 0 fully saturated rings. The molecule has 5 nitrogen and oxygen atoms in total. The van der Waals surface area contributed by atoms with Gasteiger partial charge < -0.3 is 10.2 Å². The Hall–Kier alpha value is -1.18. The number of halogens is 1. The number of thiophene rings is 1. The van der Waals surface area contributed by atoms with Crippen LogP contribution in [-0.4, -0.2) is 9.97 Å². The monoisotopic (exact) mass is 300 g/mol. The number of rotatable bonds is 4. The van der Waals surface area contributed by atoms with Crippen LogP contribution < -0.4 is 16.0 Å². The van der Waals surface area contributed by atoms with E-state index in [1.54, 1.807) is 11.3 Å². The third-order valence-electron chi connectivity index (χ3n) is 1.83. The Morgan fingerprint density at radius 3 is 3.06 bits per heavy atom. The Kier molecular flexibility index (Phi) is 3.70. The Bertz CT molecular complexity index is 463. The maximum Gasteiger partial charge on any atom is 0.233 e. The molecule has 16 heavy (non-hydrogen) atoms. The van der Waals surface area contributed by atoms with Gasteiger partial charge in [0.1, 0.15) is 17.4 Å². The zero-order chi connectivity index (χ0) is 11.4. The molecule has 2 aromatic rings. The minimum absolute atomic E-state index is 0.469. The van der Waals surface area contributed by atoms with E-state index in [9.17, 15) is 0 Å². The van der Waals surface area contributed by atoms with Crippen molar-refractivity contribution < 1.29 is 4.74 Å². The lowest BCUT2D eigenvalue weighted by molar-refractivity contribution is 0.294. The molecule has 0 bridgehead atoms. The van der Waals surface area contributed by atoms with Gasteiger partial charge in [-0.15, -0.1) is 11.3 Å². The lowest BCUT2D eigenvalue weighted by atomic mass is 10.5. The molecule has 0 aliphatic heterocycles. The Morgan fingerprint density at radius 1 is 1.50 bits per heavy atom. The van der Waals surface area contributed by atoms with E-state index in [1.165, 1.54) is 6.33 Å². The summed E-state index contributed by atoms with van der Waals surface area (Å²) in [5.74, 6) is 6.25. The van der Waals surface area contributed by atoms with Crippen LogP contribution in [0.4, 0.5) is 5.82 Å². The lowest BCUT2D eigenvalue weighted by Crippen LogP contribution is -2.10. The number of nitrogens with two attached hydrogens (primary N) is 1. The maximum absolute atomic E-state index is 5.54. The highest BCUT2D eigenvalue weighted by Crippen LogP contribution is 2.28. The van der Waals surface area contributed by atoms with Gasteiger partial charge in [-0.2, -0.15) is 0 Å². The molecule has 0 spiro atoms. The summed E-state index contributed by atoms with van der Waals surface area (Å²) in [6.45, 7) is 0.483. The molecule has 0 atom stereocenters. The number of nitrogens with one attached hydrogen (secondary N) is 1. The van der Waals surface area contributed by atoms with E-state index in [0.29, 0.717) is 22.8 Å². The molecule has 0 unspecified atom stereocenters. The first kappa shape index (κ1) is 11.3. The first-order valence-corrected chi connectivity index (χ1v) is 6.11. The van der Waals surface area contributed by atoms with E-state index in [4.69, 9.17) is 10.6 Å².